The van der Waals surface area contributed by atoms with Gasteiger partial charge in [-0.2, -0.15) is 0 Å². The van der Waals surface area contributed by atoms with Crippen molar-refractivity contribution in [2.75, 3.05) is 0 Å². The van der Waals surface area contributed by atoms with Crippen molar-refractivity contribution in [3.05, 3.63) is 94.3 Å². The van der Waals surface area contributed by atoms with Gasteiger partial charge >= 0.3 is 0 Å². The lowest BCUT2D eigenvalue weighted by Gasteiger charge is -2.08. The minimum Gasteiger partial charge on any atom is -0.487 e. The molecule has 0 spiro atoms. The van der Waals surface area contributed by atoms with E-state index in [2.05, 4.69) is 4.99 Å². The average molecular weight is 376 g/mol. The molecule has 0 amide bonds. The number of hydrogen-bond donors (Lipinski definition) is 0. The summed E-state index contributed by atoms with van der Waals surface area (Å²) in [4.78, 5) is 3.99. The molecule has 6 heteroatoms. The molecule has 0 bridgehead atoms. The van der Waals surface area contributed by atoms with E-state index in [1.807, 2.05) is 0 Å². The molecule has 0 radical (unpaired) electrons. The van der Waals surface area contributed by atoms with Gasteiger partial charge in [0.2, 0.25) is 0 Å². The lowest BCUT2D eigenvalue weighted by atomic mass is 10.2. The van der Waals surface area contributed by atoms with Crippen LogP contribution < -0.4 is 4.74 Å². The van der Waals surface area contributed by atoms with E-state index in [1.54, 1.807) is 30.3 Å². The molecule has 0 aliphatic carbocycles. The van der Waals surface area contributed by atoms with Crippen molar-refractivity contribution >= 4 is 23.5 Å². The standard InChI is InChI=1S/C20H13ClF3NO/c21-17-9-14(11-25-19-7-6-16(23)10-18(19)24)3-8-20(17)26-12-13-1-4-15(22)5-2-13/h1-11H,12H2/b25-11-. The third kappa shape index (κ3) is 4.64. The first-order valence-electron chi connectivity index (χ1n) is 7.67. The summed E-state index contributed by atoms with van der Waals surface area (Å²) in [6.45, 7) is 0.244. The van der Waals surface area contributed by atoms with E-state index in [1.165, 1.54) is 24.4 Å². The molecular weight excluding hydrogens is 363 g/mol. The van der Waals surface area contributed by atoms with E-state index in [4.69, 9.17) is 16.3 Å². The van der Waals surface area contributed by atoms with Crippen LogP contribution >= 0.6 is 11.6 Å². The second kappa shape index (κ2) is 8.06. The van der Waals surface area contributed by atoms with Crippen LogP contribution in [0.15, 0.2) is 65.7 Å². The first-order chi connectivity index (χ1) is 12.5. The highest BCUT2D eigenvalue weighted by Crippen LogP contribution is 2.26. The number of rotatable bonds is 5. The molecule has 0 saturated carbocycles. The number of halogens is 4. The van der Waals surface area contributed by atoms with Crippen molar-refractivity contribution in [2.24, 2.45) is 4.99 Å². The third-order valence-electron chi connectivity index (χ3n) is 3.53. The molecule has 3 aromatic rings. The maximum Gasteiger partial charge on any atom is 0.151 e. The second-order valence-electron chi connectivity index (χ2n) is 5.46. The van der Waals surface area contributed by atoms with Crippen LogP contribution in [-0.2, 0) is 6.61 Å². The van der Waals surface area contributed by atoms with Gasteiger partial charge in [0.05, 0.1) is 10.7 Å². The van der Waals surface area contributed by atoms with E-state index in [0.717, 1.165) is 17.7 Å². The molecular formula is C20H13ClF3NO. The Morgan fingerprint density at radius 3 is 2.31 bits per heavy atom. The maximum atomic E-state index is 13.6. The van der Waals surface area contributed by atoms with Gasteiger partial charge in [-0.25, -0.2) is 13.2 Å². The maximum absolute atomic E-state index is 13.6. The second-order valence-corrected chi connectivity index (χ2v) is 5.87. The number of ether oxygens (including phenoxy) is 1. The van der Waals surface area contributed by atoms with Gasteiger partial charge in [0.1, 0.15) is 24.0 Å². The molecule has 132 valence electrons. The Bertz CT molecular complexity index is 942. The zero-order valence-corrected chi connectivity index (χ0v) is 14.2. The molecule has 0 atom stereocenters. The topological polar surface area (TPSA) is 21.6 Å². The first kappa shape index (κ1) is 18.0. The molecule has 2 nitrogen and oxygen atoms in total. The van der Waals surface area contributed by atoms with Crippen LogP contribution in [0.25, 0.3) is 0 Å². The lowest BCUT2D eigenvalue weighted by Crippen LogP contribution is -1.96. The molecule has 0 fully saturated rings. The van der Waals surface area contributed by atoms with Gasteiger partial charge in [0.25, 0.3) is 0 Å². The Balaban J connectivity index is 1.68. The number of aliphatic imine (C=N–C) groups is 1. The van der Waals surface area contributed by atoms with E-state index < -0.39 is 11.6 Å². The van der Waals surface area contributed by atoms with E-state index in [-0.39, 0.29) is 18.1 Å². The molecule has 0 N–H and O–H groups in total. The molecule has 0 unspecified atom stereocenters. The largest absolute Gasteiger partial charge is 0.487 e. The summed E-state index contributed by atoms with van der Waals surface area (Å²) >= 11 is 6.18. The predicted octanol–water partition coefficient (Wildman–Crippen LogP) is 6.09. The SMILES string of the molecule is Fc1ccc(COc2ccc(/C=N\c3ccc(F)cc3F)cc2Cl)cc1. The quantitative estimate of drug-likeness (QED) is 0.495. The Labute approximate surface area is 153 Å². The Morgan fingerprint density at radius 1 is 0.885 bits per heavy atom. The summed E-state index contributed by atoms with van der Waals surface area (Å²) in [6, 6.07) is 14.1. The molecule has 0 heterocycles. The summed E-state index contributed by atoms with van der Waals surface area (Å²) in [5, 5.41) is 0.357. The van der Waals surface area contributed by atoms with Crippen LogP contribution in [0.3, 0.4) is 0 Å². The fraction of sp³-hybridized carbons (Fsp3) is 0.0500. The van der Waals surface area contributed by atoms with Crippen molar-refractivity contribution in [1.82, 2.24) is 0 Å². The zero-order chi connectivity index (χ0) is 18.5. The van der Waals surface area contributed by atoms with Crippen molar-refractivity contribution in [2.45, 2.75) is 6.61 Å². The van der Waals surface area contributed by atoms with Crippen LogP contribution in [0.1, 0.15) is 11.1 Å². The summed E-state index contributed by atoms with van der Waals surface area (Å²) in [5.74, 6) is -1.26. The zero-order valence-electron chi connectivity index (χ0n) is 13.4. The highest BCUT2D eigenvalue weighted by molar-refractivity contribution is 6.32. The van der Waals surface area contributed by atoms with Gasteiger partial charge in [0, 0.05) is 12.3 Å². The van der Waals surface area contributed by atoms with Gasteiger partial charge < -0.3 is 4.74 Å². The van der Waals surface area contributed by atoms with Crippen molar-refractivity contribution in [3.63, 3.8) is 0 Å². The fourth-order valence-electron chi connectivity index (χ4n) is 2.19. The van der Waals surface area contributed by atoms with Gasteiger partial charge in [-0.3, -0.25) is 4.99 Å². The fourth-order valence-corrected chi connectivity index (χ4v) is 2.43. The molecule has 3 aromatic carbocycles. The normalized spacial score (nSPS) is 11.1. The van der Waals surface area contributed by atoms with Crippen LogP contribution in [0.2, 0.25) is 5.02 Å². The first-order valence-corrected chi connectivity index (χ1v) is 8.05. The van der Waals surface area contributed by atoms with Crippen LogP contribution in [0.4, 0.5) is 18.9 Å². The highest BCUT2D eigenvalue weighted by Gasteiger charge is 2.05. The van der Waals surface area contributed by atoms with Gasteiger partial charge in [-0.1, -0.05) is 23.7 Å². The molecule has 0 aliphatic heterocycles. The summed E-state index contributed by atoms with van der Waals surface area (Å²) < 4.78 is 44.9. The van der Waals surface area contributed by atoms with Crippen molar-refractivity contribution in [3.8, 4) is 5.75 Å². The molecule has 0 saturated heterocycles. The summed E-state index contributed by atoms with van der Waals surface area (Å²) in [6.07, 6.45) is 1.42. The minimum atomic E-state index is -0.744. The molecule has 3 rings (SSSR count). The van der Waals surface area contributed by atoms with Crippen LogP contribution in [-0.4, -0.2) is 6.21 Å². The average Bonchev–Trinajstić information content (AvgIpc) is 2.61. The van der Waals surface area contributed by atoms with Gasteiger partial charge in [0.15, 0.2) is 5.82 Å². The van der Waals surface area contributed by atoms with Gasteiger partial charge in [-0.05, 0) is 53.6 Å². The molecule has 0 aliphatic rings. The predicted molar refractivity (Wildman–Crippen MR) is 95.8 cm³/mol. The molecule has 26 heavy (non-hydrogen) atoms. The number of nitrogens with zero attached hydrogens (tertiary/aromatic N) is 1. The van der Waals surface area contributed by atoms with Crippen LogP contribution in [0, 0.1) is 17.5 Å². The van der Waals surface area contributed by atoms with E-state index in [9.17, 15) is 13.2 Å². The van der Waals surface area contributed by atoms with Gasteiger partial charge in [-0.15, -0.1) is 0 Å². The van der Waals surface area contributed by atoms with E-state index in [0.29, 0.717) is 16.3 Å². The van der Waals surface area contributed by atoms with E-state index >= 15 is 0 Å². The minimum absolute atomic E-state index is 0.0270. The highest BCUT2D eigenvalue weighted by atomic mass is 35.5. The Morgan fingerprint density at radius 2 is 1.62 bits per heavy atom. The number of benzene rings is 3. The third-order valence-corrected chi connectivity index (χ3v) is 3.82. The smallest absolute Gasteiger partial charge is 0.151 e. The Kier molecular flexibility index (Phi) is 5.58. The van der Waals surface area contributed by atoms with Crippen molar-refractivity contribution in [1.29, 1.82) is 0 Å². The Hall–Kier alpha value is -2.79. The summed E-state index contributed by atoms with van der Waals surface area (Å²) in [7, 11) is 0. The lowest BCUT2D eigenvalue weighted by molar-refractivity contribution is 0.306. The number of hydrogen-bond acceptors (Lipinski definition) is 2. The van der Waals surface area contributed by atoms with Crippen molar-refractivity contribution < 1.29 is 17.9 Å². The summed E-state index contributed by atoms with van der Waals surface area (Å²) in [5.41, 5.74) is 1.46. The molecule has 0 aromatic heterocycles. The monoisotopic (exact) mass is 375 g/mol. The van der Waals surface area contributed by atoms with Crippen LogP contribution in [0.5, 0.6) is 5.75 Å².